The van der Waals surface area contributed by atoms with Gasteiger partial charge >= 0.3 is 5.97 Å². The molecule has 16 heavy (non-hydrogen) atoms. The Bertz CT molecular complexity index is 393. The normalized spacial score (nSPS) is 9.56. The Morgan fingerprint density at radius 2 is 1.88 bits per heavy atom. The lowest BCUT2D eigenvalue weighted by Crippen LogP contribution is -2.18. The number of hydrogen-bond donors (Lipinski definition) is 0. The van der Waals surface area contributed by atoms with E-state index in [1.165, 1.54) is 0 Å². The maximum Gasteiger partial charge on any atom is 0.379 e. The molecule has 1 aromatic carbocycles. The summed E-state index contributed by atoms with van der Waals surface area (Å²) in [6, 6.07) is 8.36. The van der Waals surface area contributed by atoms with Crippen molar-refractivity contribution in [2.24, 2.45) is 0 Å². The summed E-state index contributed by atoms with van der Waals surface area (Å²) in [6.07, 6.45) is 0.577. The Morgan fingerprint density at radius 1 is 1.25 bits per heavy atom. The molecule has 0 amide bonds. The monoisotopic (exact) mass is 218 g/mol. The highest BCUT2D eigenvalue weighted by Gasteiger charge is 2.16. The number of rotatable bonds is 5. The number of Topliss-reactive ketones (excluding diaryl/α,β-unsaturated/α-hetero) is 1. The minimum Gasteiger partial charge on any atom is -0.459 e. The van der Waals surface area contributed by atoms with Crippen LogP contribution in [0.4, 0.5) is 0 Å². The van der Waals surface area contributed by atoms with Gasteiger partial charge in [-0.1, -0.05) is 35.9 Å². The van der Waals surface area contributed by atoms with Gasteiger partial charge in [0.1, 0.15) is 0 Å². The van der Waals surface area contributed by atoms with Crippen molar-refractivity contribution >= 4 is 11.8 Å². The number of ketones is 1. The molecule has 0 heterocycles. The van der Waals surface area contributed by atoms with Crippen LogP contribution in [0.3, 0.4) is 0 Å². The lowest BCUT2D eigenvalue weighted by Gasteiger charge is -2.03. The highest BCUT2D eigenvalue weighted by Crippen LogP contribution is 2.02. The van der Waals surface area contributed by atoms with Gasteiger partial charge in [-0.15, -0.1) is 6.58 Å². The van der Waals surface area contributed by atoms with Crippen molar-refractivity contribution in [2.45, 2.75) is 13.3 Å². The molecule has 0 spiro atoms. The van der Waals surface area contributed by atoms with E-state index in [0.29, 0.717) is 12.0 Å². The molecular formula is C13H14O3. The minimum atomic E-state index is -0.813. The first-order chi connectivity index (χ1) is 7.61. The van der Waals surface area contributed by atoms with Gasteiger partial charge in [0.2, 0.25) is 0 Å². The molecule has 1 aromatic rings. The van der Waals surface area contributed by atoms with Crippen LogP contribution in [-0.2, 0) is 9.53 Å². The molecule has 0 N–H and O–H groups in total. The molecule has 0 aliphatic heterocycles. The van der Waals surface area contributed by atoms with Crippen molar-refractivity contribution in [2.75, 3.05) is 6.61 Å². The molecule has 0 fully saturated rings. The summed E-state index contributed by atoms with van der Waals surface area (Å²) in [6.45, 7) is 5.72. The maximum atomic E-state index is 11.5. The maximum absolute atomic E-state index is 11.5. The summed E-state index contributed by atoms with van der Waals surface area (Å²) >= 11 is 0. The molecule has 0 aromatic heterocycles. The second-order valence-electron chi connectivity index (χ2n) is 3.54. The lowest BCUT2D eigenvalue weighted by molar-refractivity contribution is -0.138. The van der Waals surface area contributed by atoms with Crippen molar-refractivity contribution in [1.29, 1.82) is 0 Å². The van der Waals surface area contributed by atoms with E-state index < -0.39 is 11.8 Å². The van der Waals surface area contributed by atoms with Crippen LogP contribution in [0.5, 0.6) is 0 Å². The molecule has 1 rings (SSSR count). The smallest absolute Gasteiger partial charge is 0.379 e. The van der Waals surface area contributed by atoms with Crippen molar-refractivity contribution in [3.8, 4) is 0 Å². The molecule has 0 aliphatic rings. The van der Waals surface area contributed by atoms with Gasteiger partial charge in [0.25, 0.3) is 5.78 Å². The molecule has 0 saturated heterocycles. The lowest BCUT2D eigenvalue weighted by atomic mass is 10.1. The van der Waals surface area contributed by atoms with E-state index in [4.69, 9.17) is 4.74 Å². The third-order valence-electron chi connectivity index (χ3n) is 1.98. The SMILES string of the molecule is C=C(C)CCOC(=O)C(=O)c1ccccc1. The first kappa shape index (κ1) is 12.2. The number of hydrogen-bond acceptors (Lipinski definition) is 3. The quantitative estimate of drug-likeness (QED) is 0.330. The highest BCUT2D eigenvalue weighted by atomic mass is 16.5. The molecule has 0 unspecified atom stereocenters. The van der Waals surface area contributed by atoms with Crippen molar-refractivity contribution in [3.05, 3.63) is 48.0 Å². The van der Waals surface area contributed by atoms with Gasteiger partial charge < -0.3 is 4.74 Å². The second kappa shape index (κ2) is 5.85. The van der Waals surface area contributed by atoms with Gasteiger partial charge in [0.15, 0.2) is 0 Å². The van der Waals surface area contributed by atoms with Gasteiger partial charge in [-0.3, -0.25) is 4.79 Å². The van der Waals surface area contributed by atoms with E-state index in [1.807, 2.05) is 6.92 Å². The zero-order valence-electron chi connectivity index (χ0n) is 9.23. The number of carbonyl (C=O) groups is 2. The van der Waals surface area contributed by atoms with E-state index in [-0.39, 0.29) is 6.61 Å². The highest BCUT2D eigenvalue weighted by molar-refractivity contribution is 6.40. The fourth-order valence-electron chi connectivity index (χ4n) is 1.09. The fraction of sp³-hybridized carbons (Fsp3) is 0.231. The first-order valence-corrected chi connectivity index (χ1v) is 5.02. The predicted molar refractivity (Wildman–Crippen MR) is 61.2 cm³/mol. The molecular weight excluding hydrogens is 204 g/mol. The third-order valence-corrected chi connectivity index (χ3v) is 1.98. The van der Waals surface area contributed by atoms with E-state index in [9.17, 15) is 9.59 Å². The zero-order chi connectivity index (χ0) is 12.0. The summed E-state index contributed by atoms with van der Waals surface area (Å²) < 4.78 is 4.82. The van der Waals surface area contributed by atoms with Gasteiger partial charge in [-0.2, -0.15) is 0 Å². The third kappa shape index (κ3) is 3.69. The molecule has 0 bridgehead atoms. The Labute approximate surface area is 94.7 Å². The molecule has 0 aliphatic carbocycles. The number of benzene rings is 1. The summed E-state index contributed by atoms with van der Waals surface area (Å²) in [5.41, 5.74) is 1.27. The topological polar surface area (TPSA) is 43.4 Å². The average molecular weight is 218 g/mol. The largest absolute Gasteiger partial charge is 0.459 e. The number of ether oxygens (including phenoxy) is 1. The molecule has 3 heteroatoms. The van der Waals surface area contributed by atoms with Crippen LogP contribution in [0.1, 0.15) is 23.7 Å². The Kier molecular flexibility index (Phi) is 4.45. The summed E-state index contributed by atoms with van der Waals surface area (Å²) in [7, 11) is 0. The van der Waals surface area contributed by atoms with Crippen LogP contribution >= 0.6 is 0 Å². The van der Waals surface area contributed by atoms with Gasteiger partial charge in [-0.05, 0) is 6.92 Å². The molecule has 3 nitrogen and oxygen atoms in total. The van der Waals surface area contributed by atoms with E-state index in [0.717, 1.165) is 5.57 Å². The summed E-state index contributed by atoms with van der Waals surface area (Å²) in [4.78, 5) is 22.8. The minimum absolute atomic E-state index is 0.201. The standard InChI is InChI=1S/C13H14O3/c1-10(2)8-9-16-13(15)12(14)11-6-4-3-5-7-11/h3-7H,1,8-9H2,2H3. The van der Waals surface area contributed by atoms with Gasteiger partial charge in [-0.25, -0.2) is 4.79 Å². The predicted octanol–water partition coefficient (Wildman–Crippen LogP) is 2.38. The number of carbonyl (C=O) groups excluding carboxylic acids is 2. The van der Waals surface area contributed by atoms with Crippen LogP contribution in [0.2, 0.25) is 0 Å². The van der Waals surface area contributed by atoms with E-state index in [2.05, 4.69) is 6.58 Å². The van der Waals surface area contributed by atoms with Crippen LogP contribution in [0.15, 0.2) is 42.5 Å². The Hall–Kier alpha value is -1.90. The summed E-state index contributed by atoms with van der Waals surface area (Å²) in [5, 5.41) is 0. The summed E-state index contributed by atoms with van der Waals surface area (Å²) in [5.74, 6) is -1.42. The molecule has 84 valence electrons. The molecule has 0 radical (unpaired) electrons. The van der Waals surface area contributed by atoms with Gasteiger partial charge in [0, 0.05) is 12.0 Å². The molecule has 0 saturated carbocycles. The van der Waals surface area contributed by atoms with Crippen molar-refractivity contribution in [3.63, 3.8) is 0 Å². The first-order valence-electron chi connectivity index (χ1n) is 5.02. The van der Waals surface area contributed by atoms with Crippen molar-refractivity contribution in [1.82, 2.24) is 0 Å². The van der Waals surface area contributed by atoms with Crippen LogP contribution in [0, 0.1) is 0 Å². The fourth-order valence-corrected chi connectivity index (χ4v) is 1.09. The van der Waals surface area contributed by atoms with Crippen LogP contribution in [0.25, 0.3) is 0 Å². The van der Waals surface area contributed by atoms with Crippen LogP contribution in [-0.4, -0.2) is 18.4 Å². The van der Waals surface area contributed by atoms with Crippen LogP contribution < -0.4 is 0 Å². The average Bonchev–Trinajstić information content (AvgIpc) is 2.28. The Morgan fingerprint density at radius 3 is 2.44 bits per heavy atom. The van der Waals surface area contributed by atoms with Gasteiger partial charge in [0.05, 0.1) is 6.61 Å². The second-order valence-corrected chi connectivity index (χ2v) is 3.54. The molecule has 0 atom stereocenters. The van der Waals surface area contributed by atoms with E-state index in [1.54, 1.807) is 30.3 Å². The Balaban J connectivity index is 2.49. The number of esters is 1. The van der Waals surface area contributed by atoms with E-state index >= 15 is 0 Å². The zero-order valence-corrected chi connectivity index (χ0v) is 9.23. The van der Waals surface area contributed by atoms with Crippen molar-refractivity contribution < 1.29 is 14.3 Å².